The van der Waals surface area contributed by atoms with Crippen LogP contribution in [0.4, 0.5) is 0 Å². The molecule has 3 nitrogen and oxygen atoms in total. The summed E-state index contributed by atoms with van der Waals surface area (Å²) < 4.78 is 4.63. The fraction of sp³-hybridized carbons (Fsp3) is 0.733. The molecule has 0 N–H and O–H groups in total. The fourth-order valence-electron chi connectivity index (χ4n) is 2.67. The van der Waals surface area contributed by atoms with Gasteiger partial charge in [-0.2, -0.15) is 0 Å². The van der Waals surface area contributed by atoms with Crippen LogP contribution in [0.25, 0.3) is 0 Å². The monoisotopic (exact) mass is 252 g/mol. The summed E-state index contributed by atoms with van der Waals surface area (Å²) in [5.74, 6) is 0.898. The molecule has 0 spiro atoms. The summed E-state index contributed by atoms with van der Waals surface area (Å²) in [6.45, 7) is 2.10. The lowest BCUT2D eigenvalue weighted by atomic mass is 9.88. The second-order valence-corrected chi connectivity index (χ2v) is 4.96. The van der Waals surface area contributed by atoms with Crippen LogP contribution in [0.15, 0.2) is 12.2 Å². The third kappa shape index (κ3) is 4.63. The van der Waals surface area contributed by atoms with Gasteiger partial charge in [0.05, 0.1) is 7.11 Å². The van der Waals surface area contributed by atoms with Gasteiger partial charge in [-0.05, 0) is 38.0 Å². The summed E-state index contributed by atoms with van der Waals surface area (Å²) in [6.07, 6.45) is 10.1. The van der Waals surface area contributed by atoms with Gasteiger partial charge in [-0.25, -0.2) is 0 Å². The molecule has 0 aromatic carbocycles. The summed E-state index contributed by atoms with van der Waals surface area (Å²) in [5.41, 5.74) is 0. The van der Waals surface area contributed by atoms with E-state index in [9.17, 15) is 9.59 Å². The molecule has 102 valence electrons. The predicted molar refractivity (Wildman–Crippen MR) is 71.1 cm³/mol. The van der Waals surface area contributed by atoms with Gasteiger partial charge in [-0.1, -0.05) is 19.1 Å². The Kier molecular flexibility index (Phi) is 6.69. The Labute approximate surface area is 110 Å². The van der Waals surface area contributed by atoms with E-state index in [0.29, 0.717) is 24.5 Å². The highest BCUT2D eigenvalue weighted by molar-refractivity contribution is 5.83. The number of ether oxygens (including phenoxy) is 1. The van der Waals surface area contributed by atoms with Gasteiger partial charge in [-0.15, -0.1) is 0 Å². The molecule has 1 rings (SSSR count). The Bertz CT molecular complexity index is 307. The molecule has 1 aliphatic carbocycles. The molecule has 0 aliphatic heterocycles. The minimum Gasteiger partial charge on any atom is -0.469 e. The highest BCUT2D eigenvalue weighted by Gasteiger charge is 2.32. The zero-order valence-electron chi connectivity index (χ0n) is 11.5. The first-order chi connectivity index (χ1) is 8.69. The van der Waals surface area contributed by atoms with Crippen LogP contribution in [0, 0.1) is 11.8 Å². The molecule has 0 heterocycles. The topological polar surface area (TPSA) is 43.4 Å². The van der Waals surface area contributed by atoms with Crippen molar-refractivity contribution < 1.29 is 14.3 Å². The number of hydrogen-bond donors (Lipinski definition) is 0. The number of hydrogen-bond acceptors (Lipinski definition) is 3. The van der Waals surface area contributed by atoms with Gasteiger partial charge < -0.3 is 4.74 Å². The summed E-state index contributed by atoms with van der Waals surface area (Å²) in [4.78, 5) is 22.8. The summed E-state index contributed by atoms with van der Waals surface area (Å²) in [7, 11) is 1.42. The third-order valence-electron chi connectivity index (χ3n) is 3.72. The van der Waals surface area contributed by atoms with Crippen LogP contribution < -0.4 is 0 Å². The Balaban J connectivity index is 2.36. The molecule has 0 amide bonds. The van der Waals surface area contributed by atoms with E-state index in [1.807, 2.05) is 0 Å². The number of rotatable bonds is 7. The molecule has 1 aliphatic rings. The molecule has 0 radical (unpaired) electrons. The van der Waals surface area contributed by atoms with Crippen molar-refractivity contribution in [3.63, 3.8) is 0 Å². The molecule has 1 saturated carbocycles. The molecule has 0 bridgehead atoms. The molecule has 3 heteroatoms. The molecule has 18 heavy (non-hydrogen) atoms. The number of carbonyl (C=O) groups is 2. The maximum atomic E-state index is 11.8. The first kappa shape index (κ1) is 14.9. The smallest absolute Gasteiger partial charge is 0.305 e. The number of methoxy groups -OCH3 is 1. The normalized spacial score (nSPS) is 23.8. The molecule has 2 atom stereocenters. The Morgan fingerprint density at radius 2 is 2.22 bits per heavy atom. The van der Waals surface area contributed by atoms with E-state index in [0.717, 1.165) is 32.1 Å². The van der Waals surface area contributed by atoms with E-state index < -0.39 is 0 Å². The van der Waals surface area contributed by atoms with Crippen molar-refractivity contribution in [2.75, 3.05) is 7.11 Å². The maximum Gasteiger partial charge on any atom is 0.305 e. The highest BCUT2D eigenvalue weighted by atomic mass is 16.5. The van der Waals surface area contributed by atoms with Crippen molar-refractivity contribution in [3.8, 4) is 0 Å². The van der Waals surface area contributed by atoms with E-state index in [-0.39, 0.29) is 11.9 Å². The molecule has 0 aromatic heterocycles. The summed E-state index contributed by atoms with van der Waals surface area (Å²) in [6, 6.07) is 0. The number of allylic oxidation sites excluding steroid dienone is 2. The first-order valence-corrected chi connectivity index (χ1v) is 6.93. The molecule has 0 saturated heterocycles. The fourth-order valence-corrected chi connectivity index (χ4v) is 2.67. The zero-order chi connectivity index (χ0) is 13.4. The van der Waals surface area contributed by atoms with Crippen LogP contribution in [-0.2, 0) is 14.3 Å². The van der Waals surface area contributed by atoms with Crippen molar-refractivity contribution in [2.45, 2.75) is 51.9 Å². The average molecular weight is 252 g/mol. The zero-order valence-corrected chi connectivity index (χ0v) is 11.5. The van der Waals surface area contributed by atoms with Gasteiger partial charge >= 0.3 is 5.97 Å². The minimum atomic E-state index is -0.151. The van der Waals surface area contributed by atoms with Crippen LogP contribution in [0.1, 0.15) is 51.9 Å². The van der Waals surface area contributed by atoms with Gasteiger partial charge in [0, 0.05) is 18.8 Å². The Morgan fingerprint density at radius 1 is 1.44 bits per heavy atom. The molecular weight excluding hydrogens is 228 g/mol. The van der Waals surface area contributed by atoms with Crippen molar-refractivity contribution in [1.29, 1.82) is 0 Å². The van der Waals surface area contributed by atoms with E-state index in [4.69, 9.17) is 0 Å². The SMILES string of the molecule is CC/C=C\CC1C(=O)CCC1CCCC(=O)OC. The predicted octanol–water partition coefficient (Wildman–Crippen LogP) is 3.28. The quantitative estimate of drug-likeness (QED) is 0.516. The van der Waals surface area contributed by atoms with Crippen LogP contribution in [0.2, 0.25) is 0 Å². The Morgan fingerprint density at radius 3 is 2.89 bits per heavy atom. The number of esters is 1. The van der Waals surface area contributed by atoms with E-state index >= 15 is 0 Å². The molecular formula is C15H24O3. The standard InChI is InChI=1S/C15H24O3/c1-3-4-5-8-13-12(10-11-14(13)16)7-6-9-15(17)18-2/h4-5,12-13H,3,6-11H2,1-2H3/b5-4-. The Hall–Kier alpha value is -1.12. The third-order valence-corrected chi connectivity index (χ3v) is 3.72. The second-order valence-electron chi connectivity index (χ2n) is 4.96. The van der Waals surface area contributed by atoms with Crippen LogP contribution in [-0.4, -0.2) is 18.9 Å². The summed E-state index contributed by atoms with van der Waals surface area (Å²) >= 11 is 0. The van der Waals surface area contributed by atoms with Gasteiger partial charge in [0.15, 0.2) is 0 Å². The lowest BCUT2D eigenvalue weighted by Gasteiger charge is -2.16. The number of ketones is 1. The minimum absolute atomic E-state index is 0.151. The van der Waals surface area contributed by atoms with Gasteiger partial charge in [0.25, 0.3) is 0 Å². The lowest BCUT2D eigenvalue weighted by Crippen LogP contribution is -2.14. The number of Topliss-reactive ketones (excluding diaryl/α,β-unsaturated/α-hetero) is 1. The van der Waals surface area contributed by atoms with Gasteiger partial charge in [0.1, 0.15) is 5.78 Å². The second kappa shape index (κ2) is 8.06. The number of carbonyl (C=O) groups excluding carboxylic acids is 2. The molecule has 2 unspecified atom stereocenters. The van der Waals surface area contributed by atoms with Crippen molar-refractivity contribution in [1.82, 2.24) is 0 Å². The maximum absolute atomic E-state index is 11.8. The van der Waals surface area contributed by atoms with Crippen LogP contribution >= 0.6 is 0 Å². The van der Waals surface area contributed by atoms with Crippen LogP contribution in [0.3, 0.4) is 0 Å². The van der Waals surface area contributed by atoms with Crippen molar-refractivity contribution in [3.05, 3.63) is 12.2 Å². The van der Waals surface area contributed by atoms with Crippen LogP contribution in [0.5, 0.6) is 0 Å². The molecule has 1 fully saturated rings. The van der Waals surface area contributed by atoms with E-state index in [1.165, 1.54) is 7.11 Å². The highest BCUT2D eigenvalue weighted by Crippen LogP contribution is 2.35. The van der Waals surface area contributed by atoms with Gasteiger partial charge in [-0.3, -0.25) is 9.59 Å². The van der Waals surface area contributed by atoms with Crippen molar-refractivity contribution >= 4 is 11.8 Å². The summed E-state index contributed by atoms with van der Waals surface area (Å²) in [5, 5.41) is 0. The van der Waals surface area contributed by atoms with E-state index in [1.54, 1.807) is 0 Å². The van der Waals surface area contributed by atoms with Gasteiger partial charge in [0.2, 0.25) is 0 Å². The lowest BCUT2D eigenvalue weighted by molar-refractivity contribution is -0.140. The molecule has 0 aromatic rings. The van der Waals surface area contributed by atoms with E-state index in [2.05, 4.69) is 23.8 Å². The largest absolute Gasteiger partial charge is 0.469 e. The average Bonchev–Trinajstić information content (AvgIpc) is 2.71. The van der Waals surface area contributed by atoms with Crippen molar-refractivity contribution in [2.24, 2.45) is 11.8 Å². The first-order valence-electron chi connectivity index (χ1n) is 6.93.